The molecule has 0 bridgehead atoms. The topological polar surface area (TPSA) is 58.1 Å². The summed E-state index contributed by atoms with van der Waals surface area (Å²) in [7, 11) is 0. The fourth-order valence-corrected chi connectivity index (χ4v) is 3.90. The molecule has 0 aliphatic carbocycles. The molecule has 0 fully saturated rings. The van der Waals surface area contributed by atoms with Crippen molar-refractivity contribution in [1.82, 2.24) is 9.97 Å². The number of fused-ring (bicyclic) bond motifs is 1. The molecule has 0 saturated heterocycles. The van der Waals surface area contributed by atoms with E-state index >= 15 is 0 Å². The van der Waals surface area contributed by atoms with Crippen LogP contribution in [0.15, 0.2) is 48.7 Å². The number of rotatable bonds is 3. The van der Waals surface area contributed by atoms with Crippen molar-refractivity contribution in [3.05, 3.63) is 76.6 Å². The van der Waals surface area contributed by atoms with Crippen LogP contribution in [-0.4, -0.2) is 22.4 Å². The monoisotopic (exact) mass is 372 g/mol. The van der Waals surface area contributed by atoms with Gasteiger partial charge in [-0.2, -0.15) is 0 Å². The van der Waals surface area contributed by atoms with Crippen LogP contribution in [0.3, 0.4) is 0 Å². The van der Waals surface area contributed by atoms with Gasteiger partial charge in [-0.15, -0.1) is 0 Å². The summed E-state index contributed by atoms with van der Waals surface area (Å²) >= 11 is 0. The zero-order valence-electron chi connectivity index (χ0n) is 16.5. The lowest BCUT2D eigenvalue weighted by Gasteiger charge is -2.29. The number of benzene rings is 2. The fraction of sp³-hybridized carbons (Fsp3) is 0.261. The first-order chi connectivity index (χ1) is 13.5. The van der Waals surface area contributed by atoms with Crippen LogP contribution in [0.5, 0.6) is 0 Å². The molecule has 1 aliphatic rings. The second-order valence-electron chi connectivity index (χ2n) is 7.35. The summed E-state index contributed by atoms with van der Waals surface area (Å²) in [6, 6.07) is 14.1. The standard InChI is InChI=1S/C23H24N4O/c1-15-13-16(2)21(17(3)14-15)26-22(28)19-10-11-24-23(25-19)27-12-6-8-18-7-4-5-9-20(18)27/h4-5,7,9-11,13-14H,6,8,12H2,1-3H3,(H,26,28). The number of aryl methyl sites for hydroxylation is 4. The molecule has 1 N–H and O–H groups in total. The summed E-state index contributed by atoms with van der Waals surface area (Å²) in [5, 5.41) is 3.02. The van der Waals surface area contributed by atoms with E-state index in [9.17, 15) is 4.79 Å². The molecule has 5 heteroatoms. The molecule has 5 nitrogen and oxygen atoms in total. The van der Waals surface area contributed by atoms with E-state index in [4.69, 9.17) is 0 Å². The van der Waals surface area contributed by atoms with Crippen LogP contribution >= 0.6 is 0 Å². The Hall–Kier alpha value is -3.21. The third kappa shape index (κ3) is 3.48. The van der Waals surface area contributed by atoms with Gasteiger partial charge in [0.05, 0.1) is 0 Å². The number of hydrogen-bond donors (Lipinski definition) is 1. The molecule has 2 heterocycles. The van der Waals surface area contributed by atoms with Gasteiger partial charge in [0, 0.05) is 24.1 Å². The quantitative estimate of drug-likeness (QED) is 0.721. The van der Waals surface area contributed by atoms with E-state index in [2.05, 4.69) is 57.4 Å². The molecule has 28 heavy (non-hydrogen) atoms. The molecule has 0 spiro atoms. The van der Waals surface area contributed by atoms with Gasteiger partial charge in [-0.3, -0.25) is 4.79 Å². The number of nitrogens with zero attached hydrogens (tertiary/aromatic N) is 3. The highest BCUT2D eigenvalue weighted by molar-refractivity contribution is 6.03. The van der Waals surface area contributed by atoms with Crippen LogP contribution in [0.1, 0.15) is 39.2 Å². The minimum atomic E-state index is -0.219. The summed E-state index contributed by atoms with van der Waals surface area (Å²) in [6.07, 6.45) is 3.75. The molecule has 1 amide bonds. The second-order valence-corrected chi connectivity index (χ2v) is 7.35. The highest BCUT2D eigenvalue weighted by Crippen LogP contribution is 2.31. The third-order valence-corrected chi connectivity index (χ3v) is 5.14. The van der Waals surface area contributed by atoms with Crippen LogP contribution < -0.4 is 10.2 Å². The minimum Gasteiger partial charge on any atom is -0.320 e. The number of para-hydroxylation sites is 1. The predicted octanol–water partition coefficient (Wildman–Crippen LogP) is 4.74. The molecule has 142 valence electrons. The molecular weight excluding hydrogens is 348 g/mol. The van der Waals surface area contributed by atoms with E-state index in [1.165, 1.54) is 11.1 Å². The van der Waals surface area contributed by atoms with E-state index in [0.29, 0.717) is 11.6 Å². The first kappa shape index (κ1) is 18.2. The van der Waals surface area contributed by atoms with Gasteiger partial charge >= 0.3 is 0 Å². The number of amides is 1. The van der Waals surface area contributed by atoms with Crippen molar-refractivity contribution in [2.75, 3.05) is 16.8 Å². The summed E-state index contributed by atoms with van der Waals surface area (Å²) in [6.45, 7) is 6.91. The fourth-order valence-electron chi connectivity index (χ4n) is 3.90. The molecule has 0 atom stereocenters. The van der Waals surface area contributed by atoms with Crippen molar-refractivity contribution in [1.29, 1.82) is 0 Å². The van der Waals surface area contributed by atoms with E-state index in [0.717, 1.165) is 41.9 Å². The summed E-state index contributed by atoms with van der Waals surface area (Å²) in [5.41, 5.74) is 6.90. The summed E-state index contributed by atoms with van der Waals surface area (Å²) in [5.74, 6) is 0.348. The zero-order valence-corrected chi connectivity index (χ0v) is 16.5. The van der Waals surface area contributed by atoms with Gasteiger partial charge in [0.25, 0.3) is 5.91 Å². The van der Waals surface area contributed by atoms with Crippen molar-refractivity contribution in [3.8, 4) is 0 Å². The first-order valence-electron chi connectivity index (χ1n) is 9.60. The number of carbonyl (C=O) groups excluding carboxylic acids is 1. The highest BCUT2D eigenvalue weighted by atomic mass is 16.1. The molecule has 1 aliphatic heterocycles. The Balaban J connectivity index is 1.62. The lowest BCUT2D eigenvalue weighted by Crippen LogP contribution is -2.27. The smallest absolute Gasteiger partial charge is 0.274 e. The first-order valence-corrected chi connectivity index (χ1v) is 9.60. The molecule has 0 unspecified atom stereocenters. The average Bonchev–Trinajstić information content (AvgIpc) is 2.70. The van der Waals surface area contributed by atoms with Gasteiger partial charge in [0.15, 0.2) is 0 Å². The van der Waals surface area contributed by atoms with Gasteiger partial charge in [-0.05, 0) is 62.4 Å². The zero-order chi connectivity index (χ0) is 19.7. The van der Waals surface area contributed by atoms with Crippen molar-refractivity contribution < 1.29 is 4.79 Å². The van der Waals surface area contributed by atoms with Crippen molar-refractivity contribution in [2.45, 2.75) is 33.6 Å². The minimum absolute atomic E-state index is 0.219. The van der Waals surface area contributed by atoms with Crippen molar-refractivity contribution in [3.63, 3.8) is 0 Å². The molecule has 4 rings (SSSR count). The van der Waals surface area contributed by atoms with E-state index < -0.39 is 0 Å². The van der Waals surface area contributed by atoms with Gasteiger partial charge in [0.2, 0.25) is 5.95 Å². The Morgan fingerprint density at radius 3 is 2.61 bits per heavy atom. The number of hydrogen-bond acceptors (Lipinski definition) is 4. The number of anilines is 3. The lowest BCUT2D eigenvalue weighted by molar-refractivity contribution is 0.102. The van der Waals surface area contributed by atoms with Crippen LogP contribution in [0, 0.1) is 20.8 Å². The largest absolute Gasteiger partial charge is 0.320 e. The van der Waals surface area contributed by atoms with Gasteiger partial charge in [-0.1, -0.05) is 35.9 Å². The van der Waals surface area contributed by atoms with Gasteiger partial charge < -0.3 is 10.2 Å². The average molecular weight is 372 g/mol. The normalized spacial score (nSPS) is 13.2. The molecular formula is C23H24N4O. The number of carbonyl (C=O) groups is 1. The molecule has 0 radical (unpaired) electrons. The number of aromatic nitrogens is 2. The third-order valence-electron chi connectivity index (χ3n) is 5.14. The summed E-state index contributed by atoms with van der Waals surface area (Å²) in [4.78, 5) is 24.0. The van der Waals surface area contributed by atoms with Crippen molar-refractivity contribution in [2.24, 2.45) is 0 Å². The molecule has 3 aromatic rings. The van der Waals surface area contributed by atoms with E-state index in [-0.39, 0.29) is 5.91 Å². The maximum Gasteiger partial charge on any atom is 0.274 e. The van der Waals surface area contributed by atoms with E-state index in [1.54, 1.807) is 12.3 Å². The molecule has 2 aromatic carbocycles. The number of nitrogens with one attached hydrogen (secondary N) is 1. The SMILES string of the molecule is Cc1cc(C)c(NC(=O)c2ccnc(N3CCCc4ccccc43)n2)c(C)c1. The maximum absolute atomic E-state index is 12.9. The highest BCUT2D eigenvalue weighted by Gasteiger charge is 2.21. The second kappa shape index (κ2) is 7.43. The van der Waals surface area contributed by atoms with Crippen LogP contribution in [0.4, 0.5) is 17.3 Å². The van der Waals surface area contributed by atoms with Crippen LogP contribution in [-0.2, 0) is 6.42 Å². The Morgan fingerprint density at radius 1 is 1.07 bits per heavy atom. The maximum atomic E-state index is 12.9. The van der Waals surface area contributed by atoms with E-state index in [1.807, 2.05) is 19.9 Å². The van der Waals surface area contributed by atoms with Crippen LogP contribution in [0.25, 0.3) is 0 Å². The Kier molecular flexibility index (Phi) is 4.82. The Labute approximate surface area is 165 Å². The molecule has 0 saturated carbocycles. The van der Waals surface area contributed by atoms with Crippen LogP contribution in [0.2, 0.25) is 0 Å². The van der Waals surface area contributed by atoms with Gasteiger partial charge in [0.1, 0.15) is 5.69 Å². The Morgan fingerprint density at radius 2 is 1.82 bits per heavy atom. The van der Waals surface area contributed by atoms with Gasteiger partial charge in [-0.25, -0.2) is 9.97 Å². The molecule has 1 aromatic heterocycles. The van der Waals surface area contributed by atoms with Crippen molar-refractivity contribution >= 4 is 23.2 Å². The Bertz CT molecular complexity index is 1020. The predicted molar refractivity (Wildman–Crippen MR) is 112 cm³/mol. The summed E-state index contributed by atoms with van der Waals surface area (Å²) < 4.78 is 0. The lowest BCUT2D eigenvalue weighted by atomic mass is 10.0.